The highest BCUT2D eigenvalue weighted by molar-refractivity contribution is 6.59. The minimum Gasteiger partial charge on any atom is -0.293 e. The van der Waals surface area contributed by atoms with Gasteiger partial charge in [-0.05, 0) is 24.3 Å². The highest BCUT2D eigenvalue weighted by Crippen LogP contribution is 2.45. The normalized spacial score (nSPS) is 16.5. The topological polar surface area (TPSA) is 74.8 Å². The maximum atomic E-state index is 13.5. The largest absolute Gasteiger partial charge is 0.304 e. The standard InChI is InChI=1S/C22H18N2O4/c1-22(2,3)19(26)16-17-20(27)23(13-9-5-4-6-10-13)14-11-7-8-12-15(14)24(17)21(28)18(16)25/h4-12H,1-3H3. The lowest BCUT2D eigenvalue weighted by atomic mass is 9.84. The first kappa shape index (κ1) is 17.9. The Balaban J connectivity index is 2.03. The van der Waals surface area contributed by atoms with Crippen LogP contribution in [0.3, 0.4) is 0 Å². The smallest absolute Gasteiger partial charge is 0.293 e. The van der Waals surface area contributed by atoms with Crippen LogP contribution in [0.4, 0.5) is 17.1 Å². The van der Waals surface area contributed by atoms with E-state index in [1.165, 1.54) is 4.90 Å². The van der Waals surface area contributed by atoms with Crippen molar-refractivity contribution >= 4 is 40.4 Å². The van der Waals surface area contributed by atoms with Crippen molar-refractivity contribution in [1.29, 1.82) is 0 Å². The summed E-state index contributed by atoms with van der Waals surface area (Å²) in [6.07, 6.45) is 0. The Morgan fingerprint density at radius 3 is 1.86 bits per heavy atom. The third kappa shape index (κ3) is 2.41. The molecular formula is C22H18N2O4. The molecule has 0 atom stereocenters. The van der Waals surface area contributed by atoms with Crippen LogP contribution >= 0.6 is 0 Å². The summed E-state index contributed by atoms with van der Waals surface area (Å²) in [5, 5.41) is 0. The van der Waals surface area contributed by atoms with Crippen molar-refractivity contribution in [1.82, 2.24) is 0 Å². The number of carbonyl (C=O) groups excluding carboxylic acids is 4. The molecule has 140 valence electrons. The second-order valence-electron chi connectivity index (χ2n) is 7.74. The van der Waals surface area contributed by atoms with Crippen molar-refractivity contribution in [3.05, 3.63) is 65.9 Å². The van der Waals surface area contributed by atoms with E-state index in [1.54, 1.807) is 69.3 Å². The van der Waals surface area contributed by atoms with E-state index >= 15 is 0 Å². The summed E-state index contributed by atoms with van der Waals surface area (Å²) >= 11 is 0. The molecule has 0 fully saturated rings. The molecule has 2 aliphatic heterocycles. The maximum absolute atomic E-state index is 13.5. The zero-order valence-corrected chi connectivity index (χ0v) is 15.7. The van der Waals surface area contributed by atoms with E-state index in [9.17, 15) is 19.2 Å². The minimum atomic E-state index is -0.937. The average molecular weight is 374 g/mol. The highest BCUT2D eigenvalue weighted by atomic mass is 16.2. The summed E-state index contributed by atoms with van der Waals surface area (Å²) in [7, 11) is 0. The maximum Gasteiger partial charge on any atom is 0.304 e. The molecule has 6 heteroatoms. The molecule has 0 aliphatic carbocycles. The van der Waals surface area contributed by atoms with Gasteiger partial charge < -0.3 is 0 Å². The molecule has 0 saturated carbocycles. The average Bonchev–Trinajstić information content (AvgIpc) is 2.93. The first-order valence-corrected chi connectivity index (χ1v) is 8.90. The predicted octanol–water partition coefficient (Wildman–Crippen LogP) is 3.15. The molecule has 2 aliphatic rings. The summed E-state index contributed by atoms with van der Waals surface area (Å²) in [5.41, 5.74) is 0.0456. The number of ketones is 2. The summed E-state index contributed by atoms with van der Waals surface area (Å²) in [6.45, 7) is 4.96. The number of para-hydroxylation sites is 3. The number of nitrogens with zero attached hydrogens (tertiary/aromatic N) is 2. The number of benzene rings is 2. The van der Waals surface area contributed by atoms with Gasteiger partial charge in [-0.1, -0.05) is 51.1 Å². The molecule has 28 heavy (non-hydrogen) atoms. The first-order chi connectivity index (χ1) is 13.2. The molecular weight excluding hydrogens is 356 g/mol. The van der Waals surface area contributed by atoms with Gasteiger partial charge in [-0.2, -0.15) is 0 Å². The van der Waals surface area contributed by atoms with E-state index < -0.39 is 28.8 Å². The van der Waals surface area contributed by atoms with Gasteiger partial charge >= 0.3 is 5.91 Å². The fraction of sp³-hybridized carbons (Fsp3) is 0.182. The van der Waals surface area contributed by atoms with Gasteiger partial charge in [0.15, 0.2) is 5.78 Å². The lowest BCUT2D eigenvalue weighted by Crippen LogP contribution is -2.42. The number of Topliss-reactive ketones (excluding diaryl/α,β-unsaturated/α-hetero) is 2. The lowest BCUT2D eigenvalue weighted by molar-refractivity contribution is -0.134. The summed E-state index contributed by atoms with van der Waals surface area (Å²) in [4.78, 5) is 54.4. The summed E-state index contributed by atoms with van der Waals surface area (Å²) in [6, 6.07) is 15.8. The van der Waals surface area contributed by atoms with Crippen LogP contribution < -0.4 is 9.80 Å². The molecule has 4 rings (SSSR count). The number of carbonyl (C=O) groups is 4. The summed E-state index contributed by atoms with van der Waals surface area (Å²) in [5.74, 6) is -2.91. The zero-order chi connectivity index (χ0) is 20.2. The lowest BCUT2D eigenvalue weighted by Gasteiger charge is -2.35. The van der Waals surface area contributed by atoms with Gasteiger partial charge in [0, 0.05) is 11.1 Å². The number of amides is 2. The molecule has 0 N–H and O–H groups in total. The molecule has 0 spiro atoms. The van der Waals surface area contributed by atoms with Gasteiger partial charge in [-0.3, -0.25) is 29.0 Å². The second-order valence-corrected chi connectivity index (χ2v) is 7.74. The third-order valence-corrected chi connectivity index (χ3v) is 4.78. The Morgan fingerprint density at radius 2 is 1.29 bits per heavy atom. The van der Waals surface area contributed by atoms with Crippen LogP contribution in [0.15, 0.2) is 65.9 Å². The van der Waals surface area contributed by atoms with E-state index in [1.807, 2.05) is 6.07 Å². The van der Waals surface area contributed by atoms with Crippen LogP contribution in [0.5, 0.6) is 0 Å². The summed E-state index contributed by atoms with van der Waals surface area (Å²) < 4.78 is 0. The number of anilines is 3. The Hall–Kier alpha value is -3.54. The third-order valence-electron chi connectivity index (χ3n) is 4.78. The molecule has 0 unspecified atom stereocenters. The number of fused-ring (bicyclic) bond motifs is 3. The Morgan fingerprint density at radius 1 is 0.750 bits per heavy atom. The monoisotopic (exact) mass is 374 g/mol. The quantitative estimate of drug-likeness (QED) is 0.598. The van der Waals surface area contributed by atoms with Crippen LogP contribution in [0, 0.1) is 5.41 Å². The molecule has 2 aromatic rings. The highest BCUT2D eigenvalue weighted by Gasteiger charge is 2.51. The van der Waals surface area contributed by atoms with E-state index in [0.717, 1.165) is 4.90 Å². The molecule has 0 radical (unpaired) electrons. The molecule has 2 aromatic carbocycles. The predicted molar refractivity (Wildman–Crippen MR) is 104 cm³/mol. The van der Waals surface area contributed by atoms with Crippen molar-refractivity contribution in [2.45, 2.75) is 20.8 Å². The number of rotatable bonds is 2. The fourth-order valence-corrected chi connectivity index (χ4v) is 3.44. The molecule has 2 amide bonds. The van der Waals surface area contributed by atoms with Gasteiger partial charge in [-0.25, -0.2) is 0 Å². The van der Waals surface area contributed by atoms with Crippen LogP contribution in [0.2, 0.25) is 0 Å². The van der Waals surface area contributed by atoms with E-state index in [-0.39, 0.29) is 11.3 Å². The van der Waals surface area contributed by atoms with Crippen LogP contribution in [-0.4, -0.2) is 23.4 Å². The van der Waals surface area contributed by atoms with Gasteiger partial charge in [0.25, 0.3) is 11.7 Å². The Labute approximate surface area is 162 Å². The molecule has 0 aromatic heterocycles. The van der Waals surface area contributed by atoms with E-state index in [0.29, 0.717) is 17.1 Å². The van der Waals surface area contributed by atoms with E-state index in [4.69, 9.17) is 0 Å². The molecule has 0 saturated heterocycles. The van der Waals surface area contributed by atoms with Crippen molar-refractivity contribution in [2.24, 2.45) is 5.41 Å². The fourth-order valence-electron chi connectivity index (χ4n) is 3.44. The van der Waals surface area contributed by atoms with E-state index in [2.05, 4.69) is 0 Å². The van der Waals surface area contributed by atoms with Crippen LogP contribution in [0.25, 0.3) is 0 Å². The van der Waals surface area contributed by atoms with Gasteiger partial charge in [0.2, 0.25) is 0 Å². The zero-order valence-electron chi connectivity index (χ0n) is 15.7. The molecule has 0 bridgehead atoms. The molecule has 2 heterocycles. The van der Waals surface area contributed by atoms with Crippen LogP contribution in [0.1, 0.15) is 20.8 Å². The van der Waals surface area contributed by atoms with Gasteiger partial charge in [0.05, 0.1) is 11.4 Å². The van der Waals surface area contributed by atoms with Gasteiger partial charge in [0.1, 0.15) is 11.3 Å². The van der Waals surface area contributed by atoms with Crippen LogP contribution in [-0.2, 0) is 19.2 Å². The molecule has 6 nitrogen and oxygen atoms in total. The number of hydrogen-bond donors (Lipinski definition) is 0. The first-order valence-electron chi connectivity index (χ1n) is 8.90. The van der Waals surface area contributed by atoms with Crippen molar-refractivity contribution in [3.63, 3.8) is 0 Å². The Bertz CT molecular complexity index is 1080. The van der Waals surface area contributed by atoms with Crippen molar-refractivity contribution in [3.8, 4) is 0 Å². The SMILES string of the molecule is CC(C)(C)C(=O)C1=C2C(=O)N(c3ccccc3)c3ccccc3N2C(=O)C1=O. The number of hydrogen-bond acceptors (Lipinski definition) is 4. The van der Waals surface area contributed by atoms with Crippen molar-refractivity contribution in [2.75, 3.05) is 9.80 Å². The van der Waals surface area contributed by atoms with Gasteiger partial charge in [-0.15, -0.1) is 0 Å². The van der Waals surface area contributed by atoms with Crippen molar-refractivity contribution < 1.29 is 19.2 Å². The minimum absolute atomic E-state index is 0.169. The Kier molecular flexibility index (Phi) is 3.82. The second kappa shape index (κ2) is 5.99.